The van der Waals surface area contributed by atoms with Crippen LogP contribution in [-0.4, -0.2) is 66.8 Å². The predicted molar refractivity (Wildman–Crippen MR) is 110 cm³/mol. The molecule has 152 valence electrons. The fraction of sp³-hybridized carbons (Fsp3) is 0.682. The maximum atomic E-state index is 10.9. The molecule has 1 N–H and O–H groups in total. The number of ether oxygens (including phenoxy) is 1. The van der Waals surface area contributed by atoms with Crippen molar-refractivity contribution in [3.8, 4) is 5.75 Å². The Morgan fingerprint density at radius 2 is 1.93 bits per heavy atom. The lowest BCUT2D eigenvalue weighted by Crippen LogP contribution is -2.36. The number of rotatable bonds is 8. The number of aliphatic carboxylic acids is 1. The zero-order valence-electron chi connectivity index (χ0n) is 17.4. The molecule has 0 aromatic heterocycles. The Morgan fingerprint density at radius 1 is 1.22 bits per heavy atom. The van der Waals surface area contributed by atoms with E-state index in [-0.39, 0.29) is 12.0 Å². The van der Waals surface area contributed by atoms with Crippen LogP contribution in [0.5, 0.6) is 5.75 Å². The van der Waals surface area contributed by atoms with Crippen molar-refractivity contribution < 1.29 is 14.6 Å². The highest BCUT2D eigenvalue weighted by atomic mass is 16.5. The Bertz CT molecular complexity index is 580. The monoisotopic (exact) mass is 376 g/mol. The van der Waals surface area contributed by atoms with E-state index in [2.05, 4.69) is 49.9 Å². The molecule has 0 bridgehead atoms. The van der Waals surface area contributed by atoms with Gasteiger partial charge in [-0.05, 0) is 68.9 Å². The van der Waals surface area contributed by atoms with Gasteiger partial charge in [0.25, 0.3) is 0 Å². The van der Waals surface area contributed by atoms with Crippen molar-refractivity contribution in [2.45, 2.75) is 57.9 Å². The standard InChI is InChI=1S/C22H36N2O3/c1-22(2,3)18-8-10-20(11-9-18)27-16-6-14-24-13-5-7-19(12-15-24)23(4)17-21(25)26/h8-11,19H,5-7,12-17H2,1-4H3,(H,25,26). The highest BCUT2D eigenvalue weighted by molar-refractivity contribution is 5.69. The van der Waals surface area contributed by atoms with E-state index in [1.165, 1.54) is 5.56 Å². The van der Waals surface area contributed by atoms with Gasteiger partial charge in [0.15, 0.2) is 0 Å². The van der Waals surface area contributed by atoms with Gasteiger partial charge in [0.1, 0.15) is 5.75 Å². The summed E-state index contributed by atoms with van der Waals surface area (Å²) in [5, 5.41) is 8.96. The molecular formula is C22H36N2O3. The molecule has 2 rings (SSSR count). The van der Waals surface area contributed by atoms with Crippen molar-refractivity contribution in [3.63, 3.8) is 0 Å². The van der Waals surface area contributed by atoms with Crippen molar-refractivity contribution in [3.05, 3.63) is 29.8 Å². The predicted octanol–water partition coefficient (Wildman–Crippen LogP) is 3.62. The Labute approximate surface area is 164 Å². The molecule has 0 amide bonds. The smallest absolute Gasteiger partial charge is 0.317 e. The van der Waals surface area contributed by atoms with Gasteiger partial charge in [-0.1, -0.05) is 32.9 Å². The van der Waals surface area contributed by atoms with Crippen molar-refractivity contribution in [2.75, 3.05) is 39.8 Å². The summed E-state index contributed by atoms with van der Waals surface area (Å²) in [4.78, 5) is 15.4. The summed E-state index contributed by atoms with van der Waals surface area (Å²) in [5.74, 6) is 0.195. The Hall–Kier alpha value is -1.59. The van der Waals surface area contributed by atoms with Gasteiger partial charge in [-0.15, -0.1) is 0 Å². The highest BCUT2D eigenvalue weighted by Crippen LogP contribution is 2.24. The van der Waals surface area contributed by atoms with Gasteiger partial charge in [-0.25, -0.2) is 0 Å². The molecule has 1 heterocycles. The van der Waals surface area contributed by atoms with Gasteiger partial charge in [0, 0.05) is 12.6 Å². The molecule has 0 spiro atoms. The minimum atomic E-state index is -0.744. The maximum Gasteiger partial charge on any atom is 0.317 e. The molecule has 1 aromatic carbocycles. The van der Waals surface area contributed by atoms with Crippen LogP contribution in [0.15, 0.2) is 24.3 Å². The lowest BCUT2D eigenvalue weighted by atomic mass is 9.87. The molecule has 0 radical (unpaired) electrons. The first kappa shape index (κ1) is 21.7. The molecule has 1 aliphatic heterocycles. The second kappa shape index (κ2) is 10.1. The van der Waals surface area contributed by atoms with Crippen LogP contribution in [0.25, 0.3) is 0 Å². The largest absolute Gasteiger partial charge is 0.494 e. The van der Waals surface area contributed by atoms with Crippen LogP contribution in [0.2, 0.25) is 0 Å². The van der Waals surface area contributed by atoms with Crippen LogP contribution in [0.1, 0.15) is 52.0 Å². The summed E-state index contributed by atoms with van der Waals surface area (Å²) in [6.45, 7) is 10.7. The summed E-state index contributed by atoms with van der Waals surface area (Å²) in [6.07, 6.45) is 4.26. The van der Waals surface area contributed by atoms with Gasteiger partial charge in [-0.2, -0.15) is 0 Å². The van der Waals surface area contributed by atoms with E-state index in [1.807, 2.05) is 11.9 Å². The number of carbonyl (C=O) groups is 1. The lowest BCUT2D eigenvalue weighted by Gasteiger charge is -2.25. The third kappa shape index (κ3) is 7.51. The zero-order chi connectivity index (χ0) is 19.9. The molecule has 5 nitrogen and oxygen atoms in total. The summed E-state index contributed by atoms with van der Waals surface area (Å²) >= 11 is 0. The fourth-order valence-corrected chi connectivity index (χ4v) is 3.67. The molecule has 1 atom stereocenters. The van der Waals surface area contributed by atoms with E-state index in [4.69, 9.17) is 9.84 Å². The van der Waals surface area contributed by atoms with Crippen LogP contribution >= 0.6 is 0 Å². The lowest BCUT2D eigenvalue weighted by molar-refractivity contribution is -0.138. The number of likely N-dealkylation sites (tertiary alicyclic amines) is 1. The fourth-order valence-electron chi connectivity index (χ4n) is 3.67. The number of nitrogens with zero attached hydrogens (tertiary/aromatic N) is 2. The van der Waals surface area contributed by atoms with E-state index < -0.39 is 5.97 Å². The quantitative estimate of drug-likeness (QED) is 0.702. The number of benzene rings is 1. The van der Waals surface area contributed by atoms with Gasteiger partial charge >= 0.3 is 5.97 Å². The maximum absolute atomic E-state index is 10.9. The minimum Gasteiger partial charge on any atom is -0.494 e. The number of carboxylic acid groups (broad SMARTS) is 1. The van der Waals surface area contributed by atoms with E-state index in [1.54, 1.807) is 0 Å². The average molecular weight is 377 g/mol. The zero-order valence-corrected chi connectivity index (χ0v) is 17.4. The van der Waals surface area contributed by atoms with Gasteiger partial charge < -0.3 is 14.7 Å². The molecule has 1 fully saturated rings. The molecule has 1 aliphatic rings. The van der Waals surface area contributed by atoms with Gasteiger partial charge in [0.05, 0.1) is 13.2 Å². The second-order valence-electron chi connectivity index (χ2n) is 8.71. The first-order valence-electron chi connectivity index (χ1n) is 10.1. The van der Waals surface area contributed by atoms with Crippen molar-refractivity contribution in [1.82, 2.24) is 9.80 Å². The molecule has 0 saturated carbocycles. The summed E-state index contributed by atoms with van der Waals surface area (Å²) < 4.78 is 5.90. The second-order valence-corrected chi connectivity index (χ2v) is 8.71. The molecular weight excluding hydrogens is 340 g/mol. The molecule has 5 heteroatoms. The van der Waals surface area contributed by atoms with E-state index >= 15 is 0 Å². The Kier molecular flexibility index (Phi) is 8.11. The van der Waals surface area contributed by atoms with Crippen LogP contribution in [0.4, 0.5) is 0 Å². The SMILES string of the molecule is CN(CC(=O)O)C1CCCN(CCCOc2ccc(C(C)(C)C)cc2)CC1. The Balaban J connectivity index is 1.68. The third-order valence-corrected chi connectivity index (χ3v) is 5.41. The topological polar surface area (TPSA) is 53.0 Å². The van der Waals surface area contributed by atoms with Crippen LogP contribution in [0.3, 0.4) is 0 Å². The van der Waals surface area contributed by atoms with Crippen LogP contribution < -0.4 is 4.74 Å². The minimum absolute atomic E-state index is 0.131. The first-order chi connectivity index (χ1) is 12.8. The van der Waals surface area contributed by atoms with E-state index in [0.29, 0.717) is 6.04 Å². The van der Waals surface area contributed by atoms with Crippen molar-refractivity contribution in [2.24, 2.45) is 0 Å². The Morgan fingerprint density at radius 3 is 2.56 bits per heavy atom. The summed E-state index contributed by atoms with van der Waals surface area (Å²) in [7, 11) is 1.92. The number of hydrogen-bond donors (Lipinski definition) is 1. The van der Waals surface area contributed by atoms with Crippen LogP contribution in [0, 0.1) is 0 Å². The summed E-state index contributed by atoms with van der Waals surface area (Å²) in [6, 6.07) is 8.81. The average Bonchev–Trinajstić information content (AvgIpc) is 2.83. The van der Waals surface area contributed by atoms with E-state index in [9.17, 15) is 4.79 Å². The number of likely N-dealkylation sites (N-methyl/N-ethyl adjacent to an activating group) is 1. The summed E-state index contributed by atoms with van der Waals surface area (Å²) in [5.41, 5.74) is 1.49. The highest BCUT2D eigenvalue weighted by Gasteiger charge is 2.21. The van der Waals surface area contributed by atoms with Crippen LogP contribution in [-0.2, 0) is 10.2 Å². The molecule has 1 saturated heterocycles. The molecule has 1 unspecified atom stereocenters. The third-order valence-electron chi connectivity index (χ3n) is 5.41. The van der Waals surface area contributed by atoms with Crippen molar-refractivity contribution >= 4 is 5.97 Å². The number of hydrogen-bond acceptors (Lipinski definition) is 4. The van der Waals surface area contributed by atoms with Crippen molar-refractivity contribution in [1.29, 1.82) is 0 Å². The molecule has 27 heavy (non-hydrogen) atoms. The van der Waals surface area contributed by atoms with E-state index in [0.717, 1.165) is 57.7 Å². The van der Waals surface area contributed by atoms with Gasteiger partial charge in [-0.3, -0.25) is 9.69 Å². The van der Waals surface area contributed by atoms with Gasteiger partial charge in [0.2, 0.25) is 0 Å². The normalized spacial score (nSPS) is 19.1. The number of carboxylic acids is 1. The first-order valence-corrected chi connectivity index (χ1v) is 10.1. The molecule has 1 aromatic rings. The molecule has 0 aliphatic carbocycles.